The Morgan fingerprint density at radius 3 is 2.81 bits per heavy atom. The van der Waals surface area contributed by atoms with E-state index >= 15 is 0 Å². The molecule has 0 amide bonds. The van der Waals surface area contributed by atoms with Gasteiger partial charge in [0.15, 0.2) is 6.29 Å². The van der Waals surface area contributed by atoms with Crippen LogP contribution in [0.15, 0.2) is 24.3 Å². The lowest BCUT2D eigenvalue weighted by atomic mass is 9.94. The van der Waals surface area contributed by atoms with Crippen molar-refractivity contribution in [3.05, 3.63) is 24.3 Å². The Hall–Kier alpha value is -1.21. The van der Waals surface area contributed by atoms with Crippen LogP contribution in [0.1, 0.15) is 77.6 Å². The van der Waals surface area contributed by atoms with Gasteiger partial charge >= 0.3 is 5.97 Å². The zero-order valence-electron chi connectivity index (χ0n) is 19.4. The molecule has 0 aromatic carbocycles. The zero-order chi connectivity index (χ0) is 22.3. The Morgan fingerprint density at radius 2 is 2.06 bits per heavy atom. The summed E-state index contributed by atoms with van der Waals surface area (Å²) in [4.78, 5) is 11.2. The molecule has 0 aliphatic carbocycles. The highest BCUT2D eigenvalue weighted by Crippen LogP contribution is 2.31. The zero-order valence-corrected chi connectivity index (χ0v) is 19.4. The van der Waals surface area contributed by atoms with Gasteiger partial charge in [-0.1, -0.05) is 50.5 Å². The van der Waals surface area contributed by atoms with Gasteiger partial charge in [-0.25, -0.2) is 0 Å². The fourth-order valence-corrected chi connectivity index (χ4v) is 4.07. The van der Waals surface area contributed by atoms with Crippen molar-refractivity contribution in [3.63, 3.8) is 0 Å². The summed E-state index contributed by atoms with van der Waals surface area (Å²) >= 11 is 0. The fourth-order valence-electron chi connectivity index (χ4n) is 4.07. The van der Waals surface area contributed by atoms with Crippen molar-refractivity contribution in [1.29, 1.82) is 0 Å². The minimum atomic E-state index is -0.423. The van der Waals surface area contributed by atoms with E-state index in [1.165, 1.54) is 7.11 Å². The van der Waals surface area contributed by atoms with Crippen molar-refractivity contribution in [2.24, 2.45) is 5.92 Å². The summed E-state index contributed by atoms with van der Waals surface area (Å²) in [6.07, 6.45) is 17.8. The van der Waals surface area contributed by atoms with Crippen molar-refractivity contribution in [2.45, 2.75) is 102 Å². The molecule has 178 valence electrons. The van der Waals surface area contributed by atoms with E-state index in [-0.39, 0.29) is 30.4 Å². The number of ether oxygens (including phenoxy) is 4. The molecule has 2 aliphatic heterocycles. The highest BCUT2D eigenvalue weighted by Gasteiger charge is 2.37. The standard InChI is InChI=1S/C25H42O6/c1-3-4-7-12-20(26)16-17-21-22(13-8-5-6-9-14-24(27)28-2)30-19-23(21)31-25-15-10-11-18-29-25/h5,8,16-17,20-23,25-26H,3-4,6-7,9-15,18-19H2,1-2H3/t20?,21-,22-,23-,25?/m0/s1. The number of methoxy groups -OCH3 is 1. The largest absolute Gasteiger partial charge is 0.469 e. The number of carbonyl (C=O) groups is 1. The molecule has 2 saturated heterocycles. The summed E-state index contributed by atoms with van der Waals surface area (Å²) in [6, 6.07) is 0. The van der Waals surface area contributed by atoms with Crippen LogP contribution in [0.2, 0.25) is 0 Å². The van der Waals surface area contributed by atoms with Gasteiger partial charge in [-0.2, -0.15) is 0 Å². The molecule has 6 heteroatoms. The van der Waals surface area contributed by atoms with Crippen LogP contribution >= 0.6 is 0 Å². The molecule has 0 aromatic rings. The van der Waals surface area contributed by atoms with Gasteiger partial charge in [0.05, 0.1) is 32.0 Å². The number of rotatable bonds is 14. The molecule has 31 heavy (non-hydrogen) atoms. The predicted molar refractivity (Wildman–Crippen MR) is 121 cm³/mol. The number of carbonyl (C=O) groups excluding carboxylic acids is 1. The Kier molecular flexibility index (Phi) is 13.1. The third-order valence-electron chi connectivity index (χ3n) is 5.97. The van der Waals surface area contributed by atoms with E-state index in [4.69, 9.17) is 14.2 Å². The highest BCUT2D eigenvalue weighted by molar-refractivity contribution is 5.69. The van der Waals surface area contributed by atoms with Gasteiger partial charge in [0, 0.05) is 18.9 Å². The summed E-state index contributed by atoms with van der Waals surface area (Å²) in [7, 11) is 1.42. The van der Waals surface area contributed by atoms with Crippen molar-refractivity contribution in [1.82, 2.24) is 0 Å². The number of hydrogen-bond donors (Lipinski definition) is 1. The van der Waals surface area contributed by atoms with Crippen LogP contribution in [0.3, 0.4) is 0 Å². The molecule has 6 nitrogen and oxygen atoms in total. The molecule has 0 radical (unpaired) electrons. The van der Waals surface area contributed by atoms with Crippen LogP contribution in [0.25, 0.3) is 0 Å². The Morgan fingerprint density at radius 1 is 1.19 bits per heavy atom. The molecular weight excluding hydrogens is 396 g/mol. The molecule has 0 bridgehead atoms. The number of aliphatic hydroxyl groups excluding tert-OH is 1. The van der Waals surface area contributed by atoms with Crippen molar-refractivity contribution >= 4 is 5.97 Å². The molecular formula is C25H42O6. The molecule has 2 unspecified atom stereocenters. The molecule has 0 spiro atoms. The minimum Gasteiger partial charge on any atom is -0.469 e. The SMILES string of the molecule is CCCCCC(O)C=C[C@H]1[C@H](CC=CCCCC(=O)OC)OC[C@@H]1OC1CCCCO1. The molecule has 2 rings (SSSR count). The second kappa shape index (κ2) is 15.6. The normalized spacial score (nSPS) is 27.8. The van der Waals surface area contributed by atoms with Crippen molar-refractivity contribution < 1.29 is 28.8 Å². The van der Waals surface area contributed by atoms with E-state index in [0.29, 0.717) is 13.0 Å². The average molecular weight is 439 g/mol. The average Bonchev–Trinajstić information content (AvgIpc) is 3.16. The Balaban J connectivity index is 1.87. The van der Waals surface area contributed by atoms with Crippen molar-refractivity contribution in [2.75, 3.05) is 20.3 Å². The monoisotopic (exact) mass is 438 g/mol. The number of esters is 1. The minimum absolute atomic E-state index is 0.0181. The lowest BCUT2D eigenvalue weighted by Crippen LogP contribution is -2.32. The number of hydrogen-bond acceptors (Lipinski definition) is 6. The van der Waals surface area contributed by atoms with E-state index in [0.717, 1.165) is 70.8 Å². The third kappa shape index (κ3) is 10.3. The first-order valence-electron chi connectivity index (χ1n) is 12.1. The molecule has 1 N–H and O–H groups in total. The highest BCUT2D eigenvalue weighted by atomic mass is 16.7. The summed E-state index contributed by atoms with van der Waals surface area (Å²) in [5.41, 5.74) is 0. The number of unbranched alkanes of at least 4 members (excludes halogenated alkanes) is 3. The topological polar surface area (TPSA) is 74.2 Å². The second-order valence-electron chi connectivity index (χ2n) is 8.54. The maximum absolute atomic E-state index is 11.2. The number of allylic oxidation sites excluding steroid dienone is 1. The fraction of sp³-hybridized carbons (Fsp3) is 0.800. The van der Waals surface area contributed by atoms with Crippen LogP contribution in [-0.4, -0.2) is 56.0 Å². The first-order valence-corrected chi connectivity index (χ1v) is 12.1. The maximum atomic E-state index is 11.2. The van der Waals surface area contributed by atoms with E-state index in [1.807, 2.05) is 6.08 Å². The molecule has 0 saturated carbocycles. The molecule has 5 atom stereocenters. The van der Waals surface area contributed by atoms with E-state index < -0.39 is 6.10 Å². The first kappa shape index (κ1) is 26.0. The van der Waals surface area contributed by atoms with Crippen LogP contribution < -0.4 is 0 Å². The molecule has 2 aliphatic rings. The van der Waals surface area contributed by atoms with E-state index in [9.17, 15) is 9.90 Å². The Labute approximate surface area is 188 Å². The van der Waals surface area contributed by atoms with Gasteiger partial charge in [-0.05, 0) is 44.9 Å². The van der Waals surface area contributed by atoms with Crippen LogP contribution in [-0.2, 0) is 23.7 Å². The third-order valence-corrected chi connectivity index (χ3v) is 5.97. The van der Waals surface area contributed by atoms with Gasteiger partial charge in [0.25, 0.3) is 0 Å². The van der Waals surface area contributed by atoms with Gasteiger partial charge in [0.2, 0.25) is 0 Å². The van der Waals surface area contributed by atoms with Crippen LogP contribution in [0.4, 0.5) is 0 Å². The summed E-state index contributed by atoms with van der Waals surface area (Å²) in [6.45, 7) is 3.47. The molecule has 2 heterocycles. The first-order chi connectivity index (χ1) is 15.1. The lowest BCUT2D eigenvalue weighted by molar-refractivity contribution is -0.191. The van der Waals surface area contributed by atoms with Crippen LogP contribution in [0.5, 0.6) is 0 Å². The van der Waals surface area contributed by atoms with Gasteiger partial charge in [-0.15, -0.1) is 0 Å². The van der Waals surface area contributed by atoms with E-state index in [1.54, 1.807) is 0 Å². The smallest absolute Gasteiger partial charge is 0.305 e. The molecule has 0 aromatic heterocycles. The van der Waals surface area contributed by atoms with Crippen molar-refractivity contribution in [3.8, 4) is 0 Å². The van der Waals surface area contributed by atoms with Gasteiger partial charge in [-0.3, -0.25) is 4.79 Å². The summed E-state index contributed by atoms with van der Waals surface area (Å²) < 4.78 is 22.8. The quantitative estimate of drug-likeness (QED) is 0.241. The predicted octanol–water partition coefficient (Wildman–Crippen LogP) is 4.70. The number of aliphatic hydroxyl groups is 1. The second-order valence-corrected chi connectivity index (χ2v) is 8.54. The van der Waals surface area contributed by atoms with Gasteiger partial charge in [0.1, 0.15) is 0 Å². The molecule has 2 fully saturated rings. The van der Waals surface area contributed by atoms with E-state index in [2.05, 4.69) is 29.9 Å². The Bertz CT molecular complexity index is 540. The summed E-state index contributed by atoms with van der Waals surface area (Å²) in [5, 5.41) is 10.3. The maximum Gasteiger partial charge on any atom is 0.305 e. The lowest BCUT2D eigenvalue weighted by Gasteiger charge is -2.28. The van der Waals surface area contributed by atoms with Crippen LogP contribution in [0, 0.1) is 5.92 Å². The summed E-state index contributed by atoms with van der Waals surface area (Å²) in [5.74, 6) is -0.0776. The van der Waals surface area contributed by atoms with Gasteiger partial charge < -0.3 is 24.1 Å².